The molecule has 1 aliphatic carbocycles. The Labute approximate surface area is 229 Å². The lowest BCUT2D eigenvalue weighted by molar-refractivity contribution is -0.154. The molecule has 3 aromatic rings. The third-order valence-electron chi connectivity index (χ3n) is 8.43. The third-order valence-corrected chi connectivity index (χ3v) is 8.43. The molecule has 2 aromatic carbocycles. The van der Waals surface area contributed by atoms with E-state index in [4.69, 9.17) is 14.6 Å². The molecule has 0 radical (unpaired) electrons. The third kappa shape index (κ3) is 6.72. The van der Waals surface area contributed by atoms with Gasteiger partial charge in [0, 0.05) is 37.0 Å². The number of nitrogens with zero attached hydrogens (tertiary/aromatic N) is 1. The summed E-state index contributed by atoms with van der Waals surface area (Å²) in [6, 6.07) is 21.0. The summed E-state index contributed by atoms with van der Waals surface area (Å²) in [5.41, 5.74) is 4.07. The molecule has 0 bridgehead atoms. The number of hydrogen-bond donors (Lipinski definition) is 2. The van der Waals surface area contributed by atoms with Crippen molar-refractivity contribution in [1.29, 1.82) is 0 Å². The molecule has 3 aliphatic rings. The van der Waals surface area contributed by atoms with E-state index in [-0.39, 0.29) is 16.8 Å². The predicted octanol–water partition coefficient (Wildman–Crippen LogP) is 5.35. The van der Waals surface area contributed by atoms with Gasteiger partial charge < -0.3 is 19.9 Å². The molecular formula is C32H37FN2O4. The second-order valence-electron chi connectivity index (χ2n) is 11.0. The topological polar surface area (TPSA) is 80.7 Å². The van der Waals surface area contributed by atoms with Gasteiger partial charge in [-0.05, 0) is 86.9 Å². The number of carboxylic acid groups (broad SMARTS) is 1. The summed E-state index contributed by atoms with van der Waals surface area (Å²) in [6.07, 6.45) is 8.29. The van der Waals surface area contributed by atoms with Crippen LogP contribution in [0.3, 0.4) is 0 Å². The van der Waals surface area contributed by atoms with Crippen molar-refractivity contribution >= 4 is 5.97 Å². The Morgan fingerprint density at radius 1 is 0.949 bits per heavy atom. The SMILES string of the molecule is Fc1ccc([C@]2(CCNC3Cc4ccccc4C3)CCOC3(CCOCC3)C2)nc1.O=C(O)c1ccccc1. The van der Waals surface area contributed by atoms with E-state index in [1.54, 1.807) is 36.4 Å². The van der Waals surface area contributed by atoms with Crippen LogP contribution in [0, 0.1) is 5.82 Å². The summed E-state index contributed by atoms with van der Waals surface area (Å²) in [7, 11) is 0. The Balaban J connectivity index is 0.000000292. The zero-order valence-corrected chi connectivity index (χ0v) is 22.3. The van der Waals surface area contributed by atoms with Crippen molar-refractivity contribution in [1.82, 2.24) is 10.3 Å². The number of nitrogens with one attached hydrogen (secondary N) is 1. The van der Waals surface area contributed by atoms with Gasteiger partial charge in [0.05, 0.1) is 17.4 Å². The first-order valence-corrected chi connectivity index (χ1v) is 13.9. The Hall–Kier alpha value is -3.13. The zero-order valence-electron chi connectivity index (χ0n) is 22.3. The molecule has 3 heterocycles. The number of aromatic nitrogens is 1. The molecule has 2 saturated heterocycles. The summed E-state index contributed by atoms with van der Waals surface area (Å²) >= 11 is 0. The van der Waals surface area contributed by atoms with Crippen LogP contribution in [0.5, 0.6) is 0 Å². The van der Waals surface area contributed by atoms with Gasteiger partial charge in [-0.15, -0.1) is 0 Å². The number of ether oxygens (including phenoxy) is 2. The number of halogens is 1. The number of fused-ring (bicyclic) bond motifs is 1. The van der Waals surface area contributed by atoms with Gasteiger partial charge in [-0.1, -0.05) is 42.5 Å². The lowest BCUT2D eigenvalue weighted by Gasteiger charge is -2.49. The van der Waals surface area contributed by atoms with Crippen molar-refractivity contribution in [3.8, 4) is 0 Å². The number of rotatable bonds is 6. The minimum Gasteiger partial charge on any atom is -0.478 e. The largest absolute Gasteiger partial charge is 0.478 e. The maximum Gasteiger partial charge on any atom is 0.335 e. The first-order valence-electron chi connectivity index (χ1n) is 13.9. The average molecular weight is 533 g/mol. The van der Waals surface area contributed by atoms with E-state index in [2.05, 4.69) is 34.6 Å². The summed E-state index contributed by atoms with van der Waals surface area (Å²) < 4.78 is 25.5. The Morgan fingerprint density at radius 2 is 1.64 bits per heavy atom. The number of carboxylic acids is 1. The summed E-state index contributed by atoms with van der Waals surface area (Å²) in [4.78, 5) is 14.7. The Kier molecular flexibility index (Phi) is 8.70. The zero-order chi connectivity index (χ0) is 27.1. The highest BCUT2D eigenvalue weighted by atomic mass is 19.1. The molecule has 6 nitrogen and oxygen atoms in total. The van der Waals surface area contributed by atoms with Crippen LogP contribution in [0.1, 0.15) is 59.3 Å². The fraction of sp³-hybridized carbons (Fsp3) is 0.438. The molecule has 39 heavy (non-hydrogen) atoms. The van der Waals surface area contributed by atoms with Gasteiger partial charge in [0.2, 0.25) is 0 Å². The lowest BCUT2D eigenvalue weighted by atomic mass is 9.66. The predicted molar refractivity (Wildman–Crippen MR) is 148 cm³/mol. The highest BCUT2D eigenvalue weighted by Crippen LogP contribution is 2.47. The van der Waals surface area contributed by atoms with Crippen molar-refractivity contribution in [2.75, 3.05) is 26.4 Å². The smallest absolute Gasteiger partial charge is 0.335 e. The lowest BCUT2D eigenvalue weighted by Crippen LogP contribution is -2.51. The molecule has 0 amide bonds. The number of pyridine rings is 1. The maximum absolute atomic E-state index is 13.6. The minimum atomic E-state index is -0.879. The van der Waals surface area contributed by atoms with Crippen LogP contribution < -0.4 is 5.32 Å². The van der Waals surface area contributed by atoms with E-state index >= 15 is 0 Å². The van der Waals surface area contributed by atoms with Crippen LogP contribution in [-0.2, 0) is 27.7 Å². The van der Waals surface area contributed by atoms with Crippen LogP contribution in [0.4, 0.5) is 4.39 Å². The molecule has 0 unspecified atom stereocenters. The van der Waals surface area contributed by atoms with Gasteiger partial charge in [-0.3, -0.25) is 4.98 Å². The van der Waals surface area contributed by atoms with Crippen molar-refractivity contribution in [3.05, 3.63) is 101 Å². The van der Waals surface area contributed by atoms with Crippen LogP contribution in [0.2, 0.25) is 0 Å². The first-order chi connectivity index (χ1) is 19.0. The normalized spacial score (nSPS) is 22.1. The molecule has 0 saturated carbocycles. The summed E-state index contributed by atoms with van der Waals surface area (Å²) in [5, 5.41) is 12.2. The molecule has 7 heteroatoms. The van der Waals surface area contributed by atoms with E-state index in [9.17, 15) is 9.18 Å². The molecule has 1 atom stereocenters. The first kappa shape index (κ1) is 27.4. The highest BCUT2D eigenvalue weighted by molar-refractivity contribution is 5.87. The van der Waals surface area contributed by atoms with Gasteiger partial charge in [-0.2, -0.15) is 0 Å². The highest BCUT2D eigenvalue weighted by Gasteiger charge is 2.48. The molecule has 206 valence electrons. The van der Waals surface area contributed by atoms with Crippen LogP contribution in [0.15, 0.2) is 72.9 Å². The van der Waals surface area contributed by atoms with Gasteiger partial charge in [0.25, 0.3) is 0 Å². The Bertz CT molecular complexity index is 1200. The molecule has 1 aromatic heterocycles. The number of benzene rings is 2. The van der Waals surface area contributed by atoms with Gasteiger partial charge in [-0.25, -0.2) is 9.18 Å². The van der Waals surface area contributed by atoms with Crippen LogP contribution >= 0.6 is 0 Å². The molecular weight excluding hydrogens is 495 g/mol. The van der Waals surface area contributed by atoms with Crippen LogP contribution in [-0.4, -0.2) is 54.1 Å². The number of carbonyl (C=O) groups is 1. The molecule has 6 rings (SSSR count). The molecule has 2 aliphatic heterocycles. The number of hydrogen-bond acceptors (Lipinski definition) is 5. The summed E-state index contributed by atoms with van der Waals surface area (Å²) in [6.45, 7) is 3.18. The van der Waals surface area contributed by atoms with Crippen molar-refractivity contribution < 1.29 is 23.8 Å². The monoisotopic (exact) mass is 532 g/mol. The second kappa shape index (κ2) is 12.4. The minimum absolute atomic E-state index is 0.0816. The van der Waals surface area contributed by atoms with Crippen LogP contribution in [0.25, 0.3) is 0 Å². The molecule has 1 spiro atoms. The van der Waals surface area contributed by atoms with Gasteiger partial charge in [0.1, 0.15) is 5.82 Å². The van der Waals surface area contributed by atoms with Crippen molar-refractivity contribution in [3.63, 3.8) is 0 Å². The van der Waals surface area contributed by atoms with E-state index in [1.807, 2.05) is 6.07 Å². The molecule has 2 N–H and O–H groups in total. The fourth-order valence-corrected chi connectivity index (χ4v) is 6.33. The second-order valence-corrected chi connectivity index (χ2v) is 11.0. The van der Waals surface area contributed by atoms with E-state index in [1.165, 1.54) is 17.3 Å². The average Bonchev–Trinajstić information content (AvgIpc) is 3.38. The summed E-state index contributed by atoms with van der Waals surface area (Å²) in [5.74, 6) is -1.15. The standard InChI is InChI=1S/C25H31FN2O2.C7H6O2/c26-21-5-6-23(28-17-21)24(8-14-30-25(18-24)9-12-29-13-10-25)7-11-27-22-15-19-3-1-2-4-20(19)16-22;8-7(9)6-4-2-1-3-5-6/h1-6,17,22,27H,7-16,18H2;1-5H,(H,8,9)/t24-;/m1./s1. The molecule has 2 fully saturated rings. The van der Waals surface area contributed by atoms with Crippen molar-refractivity contribution in [2.45, 2.75) is 62.0 Å². The van der Waals surface area contributed by atoms with E-state index in [0.29, 0.717) is 11.6 Å². The van der Waals surface area contributed by atoms with Gasteiger partial charge in [0.15, 0.2) is 0 Å². The number of aromatic carboxylic acids is 1. The quantitative estimate of drug-likeness (QED) is 0.446. The van der Waals surface area contributed by atoms with Gasteiger partial charge >= 0.3 is 5.97 Å². The maximum atomic E-state index is 13.6. The Morgan fingerprint density at radius 3 is 2.26 bits per heavy atom. The van der Waals surface area contributed by atoms with E-state index < -0.39 is 5.97 Å². The fourth-order valence-electron chi connectivity index (χ4n) is 6.33. The van der Waals surface area contributed by atoms with Crippen molar-refractivity contribution in [2.24, 2.45) is 0 Å². The van der Waals surface area contributed by atoms with E-state index in [0.717, 1.165) is 77.0 Å².